The summed E-state index contributed by atoms with van der Waals surface area (Å²) in [7, 11) is -3.79. The molecule has 26 heavy (non-hydrogen) atoms. The van der Waals surface area contributed by atoms with Gasteiger partial charge in [0.25, 0.3) is 5.91 Å². The lowest BCUT2D eigenvalue weighted by Crippen LogP contribution is -2.30. The molecule has 0 aliphatic carbocycles. The van der Waals surface area contributed by atoms with Gasteiger partial charge in [-0.1, -0.05) is 18.2 Å². The van der Waals surface area contributed by atoms with Crippen molar-refractivity contribution in [1.29, 1.82) is 0 Å². The summed E-state index contributed by atoms with van der Waals surface area (Å²) in [5.41, 5.74) is 0.365. The molecule has 2 rings (SSSR count). The first-order chi connectivity index (χ1) is 12.3. The van der Waals surface area contributed by atoms with Gasteiger partial charge in [0, 0.05) is 10.6 Å². The van der Waals surface area contributed by atoms with E-state index in [1.165, 1.54) is 43.0 Å². The van der Waals surface area contributed by atoms with E-state index in [2.05, 4.69) is 5.32 Å². The summed E-state index contributed by atoms with van der Waals surface area (Å²) in [6.07, 6.45) is -0.989. The van der Waals surface area contributed by atoms with Gasteiger partial charge >= 0.3 is 5.97 Å². The molecule has 2 aromatic rings. The highest BCUT2D eigenvalue weighted by atomic mass is 32.2. The molecule has 9 heteroatoms. The van der Waals surface area contributed by atoms with Gasteiger partial charge in [-0.15, -0.1) is 11.8 Å². The summed E-state index contributed by atoms with van der Waals surface area (Å²) in [6, 6.07) is 14.7. The summed E-state index contributed by atoms with van der Waals surface area (Å²) in [5.74, 6) is -0.942. The van der Waals surface area contributed by atoms with Crippen LogP contribution in [-0.4, -0.2) is 32.2 Å². The topological polar surface area (TPSA) is 116 Å². The fourth-order valence-electron chi connectivity index (χ4n) is 1.92. The number of thioether (sulfide) groups is 1. The first-order valence-electron chi connectivity index (χ1n) is 7.57. The van der Waals surface area contributed by atoms with Crippen molar-refractivity contribution in [3.05, 3.63) is 54.6 Å². The molecule has 0 spiro atoms. The molecule has 0 bridgehead atoms. The second kappa shape index (κ2) is 8.84. The summed E-state index contributed by atoms with van der Waals surface area (Å²) in [6.45, 7) is 1.46. The van der Waals surface area contributed by atoms with Gasteiger partial charge in [-0.05, 0) is 43.3 Å². The lowest BCUT2D eigenvalue weighted by molar-refractivity contribution is -0.150. The van der Waals surface area contributed by atoms with Gasteiger partial charge in [-0.25, -0.2) is 13.6 Å². The zero-order chi connectivity index (χ0) is 19.2. The van der Waals surface area contributed by atoms with Crippen molar-refractivity contribution in [2.24, 2.45) is 5.14 Å². The highest BCUT2D eigenvalue weighted by Gasteiger charge is 2.18. The quantitative estimate of drug-likeness (QED) is 0.548. The van der Waals surface area contributed by atoms with Crippen LogP contribution in [0.4, 0.5) is 5.69 Å². The predicted octanol–water partition coefficient (Wildman–Crippen LogP) is 2.00. The minimum Gasteiger partial charge on any atom is -0.452 e. The maximum absolute atomic E-state index is 12.1. The molecule has 0 unspecified atom stereocenters. The average molecular weight is 394 g/mol. The standard InChI is InChI=1S/C17H18N2O5S2/c1-12(24-16(20)11-25-14-5-3-2-4-6-14)17(21)19-13-7-9-15(10-8-13)26(18,22)23/h2-10,12H,11H2,1H3,(H,19,21)(H2,18,22,23)/t12-/m1/s1. The number of hydrogen-bond donors (Lipinski definition) is 2. The molecule has 0 aliphatic rings. The molecule has 138 valence electrons. The SMILES string of the molecule is C[C@@H](OC(=O)CSc1ccccc1)C(=O)Nc1ccc(S(N)(=O)=O)cc1. The van der Waals surface area contributed by atoms with Crippen molar-refractivity contribution in [2.75, 3.05) is 11.1 Å². The zero-order valence-electron chi connectivity index (χ0n) is 13.9. The van der Waals surface area contributed by atoms with Gasteiger partial charge in [0.15, 0.2) is 6.10 Å². The highest BCUT2D eigenvalue weighted by Crippen LogP contribution is 2.17. The van der Waals surface area contributed by atoms with E-state index in [1.54, 1.807) is 0 Å². The van der Waals surface area contributed by atoms with E-state index in [0.717, 1.165) is 4.90 Å². The van der Waals surface area contributed by atoms with Gasteiger partial charge in [-0.3, -0.25) is 9.59 Å². The third-order valence-corrected chi connectivity index (χ3v) is 5.14. The number of benzene rings is 2. The lowest BCUT2D eigenvalue weighted by Gasteiger charge is -2.13. The Balaban J connectivity index is 1.84. The van der Waals surface area contributed by atoms with Crippen molar-refractivity contribution in [1.82, 2.24) is 0 Å². The molecule has 0 saturated carbocycles. The van der Waals surface area contributed by atoms with Gasteiger partial charge in [0.2, 0.25) is 10.0 Å². The number of hydrogen-bond acceptors (Lipinski definition) is 6. The maximum atomic E-state index is 12.1. The predicted molar refractivity (Wildman–Crippen MR) is 99.2 cm³/mol. The van der Waals surface area contributed by atoms with Crippen molar-refractivity contribution >= 4 is 39.3 Å². The molecule has 2 aromatic carbocycles. The average Bonchev–Trinajstić information content (AvgIpc) is 2.60. The highest BCUT2D eigenvalue weighted by molar-refractivity contribution is 8.00. The van der Waals surface area contributed by atoms with Gasteiger partial charge in [0.05, 0.1) is 10.6 Å². The van der Waals surface area contributed by atoms with E-state index in [-0.39, 0.29) is 10.6 Å². The van der Waals surface area contributed by atoms with Crippen LogP contribution in [0.2, 0.25) is 0 Å². The van der Waals surface area contributed by atoms with Crippen LogP contribution in [0.3, 0.4) is 0 Å². The summed E-state index contributed by atoms with van der Waals surface area (Å²) in [5, 5.41) is 7.55. The molecule has 0 fully saturated rings. The van der Waals surface area contributed by atoms with Gasteiger partial charge in [0.1, 0.15) is 0 Å². The molecule has 0 heterocycles. The Labute approximate surface area is 156 Å². The second-order valence-corrected chi connectivity index (χ2v) is 7.90. The van der Waals surface area contributed by atoms with Crippen LogP contribution >= 0.6 is 11.8 Å². The number of ether oxygens (including phenoxy) is 1. The first kappa shape index (κ1) is 20.0. The Morgan fingerprint density at radius 1 is 1.12 bits per heavy atom. The zero-order valence-corrected chi connectivity index (χ0v) is 15.5. The van der Waals surface area contributed by atoms with E-state index in [4.69, 9.17) is 9.88 Å². The number of carbonyl (C=O) groups is 2. The third kappa shape index (κ3) is 6.17. The molecule has 7 nitrogen and oxygen atoms in total. The largest absolute Gasteiger partial charge is 0.452 e. The van der Waals surface area contributed by atoms with E-state index in [1.807, 2.05) is 30.3 Å². The number of primary sulfonamides is 1. The number of nitrogens with one attached hydrogen (secondary N) is 1. The van der Waals surface area contributed by atoms with Crippen molar-refractivity contribution in [3.8, 4) is 0 Å². The van der Waals surface area contributed by atoms with Gasteiger partial charge < -0.3 is 10.1 Å². The number of sulfonamides is 1. The Bertz CT molecular complexity index is 868. The minimum absolute atomic E-state index is 0.0621. The third-order valence-electron chi connectivity index (χ3n) is 3.23. The van der Waals surface area contributed by atoms with Crippen LogP contribution in [0.15, 0.2) is 64.4 Å². The van der Waals surface area contributed by atoms with E-state index in [9.17, 15) is 18.0 Å². The van der Waals surface area contributed by atoms with Gasteiger partial charge in [-0.2, -0.15) is 0 Å². The molecular weight excluding hydrogens is 376 g/mol. The molecule has 1 amide bonds. The monoisotopic (exact) mass is 394 g/mol. The van der Waals surface area contributed by atoms with Crippen molar-refractivity contribution in [2.45, 2.75) is 22.8 Å². The maximum Gasteiger partial charge on any atom is 0.317 e. The molecule has 0 radical (unpaired) electrons. The fourth-order valence-corrected chi connectivity index (χ4v) is 3.13. The fraction of sp³-hybridized carbons (Fsp3) is 0.176. The molecule has 0 saturated heterocycles. The van der Waals surface area contributed by atoms with E-state index in [0.29, 0.717) is 5.69 Å². The molecule has 0 aliphatic heterocycles. The minimum atomic E-state index is -3.79. The number of anilines is 1. The Hall–Kier alpha value is -2.36. The van der Waals surface area contributed by atoms with Crippen molar-refractivity contribution in [3.63, 3.8) is 0 Å². The summed E-state index contributed by atoms with van der Waals surface area (Å²) in [4.78, 5) is 24.8. The van der Waals surface area contributed by atoms with Crippen LogP contribution in [0, 0.1) is 0 Å². The van der Waals surface area contributed by atoms with Crippen LogP contribution in [0.1, 0.15) is 6.92 Å². The number of esters is 1. The Morgan fingerprint density at radius 2 is 1.73 bits per heavy atom. The lowest BCUT2D eigenvalue weighted by atomic mass is 10.3. The molecular formula is C17H18N2O5S2. The van der Waals surface area contributed by atoms with Crippen LogP contribution in [0.25, 0.3) is 0 Å². The Kier molecular flexibility index (Phi) is 6.78. The second-order valence-electron chi connectivity index (χ2n) is 5.29. The Morgan fingerprint density at radius 3 is 2.31 bits per heavy atom. The smallest absolute Gasteiger partial charge is 0.317 e. The van der Waals surface area contributed by atoms with E-state index >= 15 is 0 Å². The van der Waals surface area contributed by atoms with Crippen LogP contribution < -0.4 is 10.5 Å². The number of amides is 1. The van der Waals surface area contributed by atoms with Crippen molar-refractivity contribution < 1.29 is 22.7 Å². The molecule has 0 aromatic heterocycles. The molecule has 3 N–H and O–H groups in total. The number of carbonyl (C=O) groups excluding carboxylic acids is 2. The van der Waals surface area contributed by atoms with E-state index < -0.39 is 28.0 Å². The molecule has 1 atom stereocenters. The number of rotatable bonds is 7. The summed E-state index contributed by atoms with van der Waals surface area (Å²) >= 11 is 1.32. The van der Waals surface area contributed by atoms with Crippen LogP contribution in [0.5, 0.6) is 0 Å². The summed E-state index contributed by atoms with van der Waals surface area (Å²) < 4.78 is 27.5. The first-order valence-corrected chi connectivity index (χ1v) is 10.1. The normalized spacial score (nSPS) is 12.2. The number of nitrogens with two attached hydrogens (primary N) is 1. The van der Waals surface area contributed by atoms with Crippen LogP contribution in [-0.2, 0) is 24.3 Å².